The van der Waals surface area contributed by atoms with Gasteiger partial charge in [0.25, 0.3) is 0 Å². The number of unbranched alkanes of at least 4 members (excludes halogenated alkanes) is 4. The third-order valence-electron chi connectivity index (χ3n) is 5.66. The highest BCUT2D eigenvalue weighted by Crippen LogP contribution is 2.30. The van der Waals surface area contributed by atoms with Crippen LogP contribution in [0, 0.1) is 0 Å². The van der Waals surface area contributed by atoms with Crippen LogP contribution in [0.5, 0.6) is 17.2 Å². The van der Waals surface area contributed by atoms with E-state index < -0.39 is 0 Å². The van der Waals surface area contributed by atoms with Gasteiger partial charge >= 0.3 is 6.03 Å². The Balaban J connectivity index is 2.05. The second-order valence-electron chi connectivity index (χ2n) is 8.60. The summed E-state index contributed by atoms with van der Waals surface area (Å²) in [6.07, 6.45) is 5.63. The lowest BCUT2D eigenvalue weighted by Gasteiger charge is -2.24. The molecule has 0 saturated carbocycles. The second-order valence-corrected chi connectivity index (χ2v) is 8.60. The Hall–Kier alpha value is -2.97. The molecule has 8 nitrogen and oxygen atoms in total. The molecule has 0 fully saturated rings. The molecule has 1 N–H and O–H groups in total. The first-order valence-corrected chi connectivity index (χ1v) is 13.3. The first kappa shape index (κ1) is 30.3. The molecule has 2 amide bonds. The van der Waals surface area contributed by atoms with Crippen LogP contribution >= 0.6 is 0 Å². The summed E-state index contributed by atoms with van der Waals surface area (Å²) in [5.74, 6) is 2.02. The summed E-state index contributed by atoms with van der Waals surface area (Å²) in [6, 6.07) is 13.1. The molecule has 0 spiro atoms. The van der Waals surface area contributed by atoms with Crippen molar-refractivity contribution in [2.75, 3.05) is 52.2 Å². The van der Waals surface area contributed by atoms with Gasteiger partial charge in [-0.05, 0) is 50.1 Å². The Morgan fingerprint density at radius 2 is 1.57 bits per heavy atom. The van der Waals surface area contributed by atoms with E-state index in [1.807, 2.05) is 61.2 Å². The fourth-order valence-corrected chi connectivity index (χ4v) is 3.71. The summed E-state index contributed by atoms with van der Waals surface area (Å²) >= 11 is 0. The summed E-state index contributed by atoms with van der Waals surface area (Å²) in [4.78, 5) is 15.2. The molecule has 0 aliphatic carbocycles. The van der Waals surface area contributed by atoms with Gasteiger partial charge in [0.05, 0.1) is 32.1 Å². The Labute approximate surface area is 222 Å². The molecule has 206 valence electrons. The maximum atomic E-state index is 13.4. The van der Waals surface area contributed by atoms with Crippen LogP contribution < -0.4 is 19.5 Å². The molecule has 0 unspecified atom stereocenters. The quantitative estimate of drug-likeness (QED) is 0.170. The number of anilines is 1. The minimum Gasteiger partial charge on any atom is -0.494 e. The molecule has 2 rings (SSSR count). The van der Waals surface area contributed by atoms with Crippen LogP contribution in [0.1, 0.15) is 58.4 Å². The SMILES string of the molecule is CCCCCCCN(Cc1ccc(OCOCCOC)cc1)C(=O)Nc1ccc(OCC)cc1OCC. The monoisotopic (exact) mass is 516 g/mol. The van der Waals surface area contributed by atoms with Gasteiger partial charge in [-0.1, -0.05) is 44.7 Å². The van der Waals surface area contributed by atoms with Crippen molar-refractivity contribution in [1.82, 2.24) is 4.90 Å². The highest BCUT2D eigenvalue weighted by molar-refractivity contribution is 5.91. The van der Waals surface area contributed by atoms with E-state index in [1.165, 1.54) is 19.3 Å². The molecule has 37 heavy (non-hydrogen) atoms. The molecule has 0 bridgehead atoms. The van der Waals surface area contributed by atoms with Gasteiger partial charge in [0.15, 0.2) is 6.79 Å². The number of benzene rings is 2. The fourth-order valence-electron chi connectivity index (χ4n) is 3.71. The fraction of sp³-hybridized carbons (Fsp3) is 0.552. The van der Waals surface area contributed by atoms with E-state index in [4.69, 9.17) is 23.7 Å². The predicted octanol–water partition coefficient (Wildman–Crippen LogP) is 6.49. The summed E-state index contributed by atoms with van der Waals surface area (Å²) in [7, 11) is 1.63. The van der Waals surface area contributed by atoms with Crippen molar-refractivity contribution in [3.05, 3.63) is 48.0 Å². The number of nitrogens with zero attached hydrogens (tertiary/aromatic N) is 1. The number of hydrogen-bond donors (Lipinski definition) is 1. The Morgan fingerprint density at radius 3 is 2.27 bits per heavy atom. The number of ether oxygens (including phenoxy) is 5. The largest absolute Gasteiger partial charge is 0.494 e. The molecule has 0 atom stereocenters. The van der Waals surface area contributed by atoms with Crippen LogP contribution in [-0.2, 0) is 16.0 Å². The number of nitrogens with one attached hydrogen (secondary N) is 1. The molecule has 0 radical (unpaired) electrons. The van der Waals surface area contributed by atoms with Gasteiger partial charge in [-0.15, -0.1) is 0 Å². The lowest BCUT2D eigenvalue weighted by molar-refractivity contribution is -0.00847. The van der Waals surface area contributed by atoms with E-state index in [9.17, 15) is 4.79 Å². The smallest absolute Gasteiger partial charge is 0.322 e. The zero-order valence-electron chi connectivity index (χ0n) is 22.9. The van der Waals surface area contributed by atoms with Crippen molar-refractivity contribution in [3.63, 3.8) is 0 Å². The first-order valence-electron chi connectivity index (χ1n) is 13.3. The lowest BCUT2D eigenvalue weighted by atomic mass is 10.1. The van der Waals surface area contributed by atoms with Crippen molar-refractivity contribution in [2.24, 2.45) is 0 Å². The first-order chi connectivity index (χ1) is 18.1. The van der Waals surface area contributed by atoms with Gasteiger partial charge < -0.3 is 33.9 Å². The average Bonchev–Trinajstić information content (AvgIpc) is 2.90. The number of methoxy groups -OCH3 is 1. The highest BCUT2D eigenvalue weighted by atomic mass is 16.7. The standard InChI is InChI=1S/C29H44N2O6/c1-5-8-9-10-11-18-31(22-24-12-14-25(15-13-24)37-23-34-20-19-33-4)29(32)30-27-17-16-26(35-6-2)21-28(27)36-7-3/h12-17,21H,5-11,18-20,22-23H2,1-4H3,(H,30,32). The zero-order chi connectivity index (χ0) is 26.7. The summed E-state index contributed by atoms with van der Waals surface area (Å²) in [5, 5.41) is 3.05. The highest BCUT2D eigenvalue weighted by Gasteiger charge is 2.17. The van der Waals surface area contributed by atoms with Gasteiger partial charge in [0.2, 0.25) is 0 Å². The van der Waals surface area contributed by atoms with Gasteiger partial charge in [-0.3, -0.25) is 0 Å². The van der Waals surface area contributed by atoms with E-state index in [0.29, 0.717) is 62.5 Å². The summed E-state index contributed by atoms with van der Waals surface area (Å²) in [6.45, 7) is 9.44. The van der Waals surface area contributed by atoms with Crippen LogP contribution in [0.4, 0.5) is 10.5 Å². The minimum absolute atomic E-state index is 0.160. The van der Waals surface area contributed by atoms with E-state index >= 15 is 0 Å². The molecule has 0 aromatic heterocycles. The number of rotatable bonds is 19. The van der Waals surface area contributed by atoms with Gasteiger partial charge in [-0.25, -0.2) is 4.79 Å². The van der Waals surface area contributed by atoms with Crippen LogP contribution in [0.25, 0.3) is 0 Å². The summed E-state index contributed by atoms with van der Waals surface area (Å²) < 4.78 is 27.3. The molecule has 0 aliphatic heterocycles. The van der Waals surface area contributed by atoms with Crippen LogP contribution in [-0.4, -0.2) is 57.8 Å². The van der Waals surface area contributed by atoms with Crippen LogP contribution in [0.2, 0.25) is 0 Å². The van der Waals surface area contributed by atoms with Gasteiger partial charge in [0, 0.05) is 26.3 Å². The van der Waals surface area contributed by atoms with E-state index in [1.54, 1.807) is 7.11 Å². The molecule has 2 aromatic rings. The van der Waals surface area contributed by atoms with Crippen LogP contribution in [0.15, 0.2) is 42.5 Å². The Bertz CT molecular complexity index is 890. The molecule has 0 aliphatic rings. The third-order valence-corrected chi connectivity index (χ3v) is 5.66. The second kappa shape index (κ2) is 18.3. The molecule has 2 aromatic carbocycles. The van der Waals surface area contributed by atoms with Gasteiger partial charge in [0.1, 0.15) is 17.2 Å². The van der Waals surface area contributed by atoms with Crippen molar-refractivity contribution in [1.29, 1.82) is 0 Å². The van der Waals surface area contributed by atoms with Crippen molar-refractivity contribution < 1.29 is 28.5 Å². The van der Waals surface area contributed by atoms with Crippen LogP contribution in [0.3, 0.4) is 0 Å². The number of carbonyl (C=O) groups excluding carboxylic acids is 1. The number of urea groups is 1. The molecule has 8 heteroatoms. The Morgan fingerprint density at radius 1 is 0.838 bits per heavy atom. The minimum atomic E-state index is -0.160. The molecular weight excluding hydrogens is 472 g/mol. The predicted molar refractivity (Wildman–Crippen MR) is 147 cm³/mol. The number of amides is 2. The van der Waals surface area contributed by atoms with E-state index in [2.05, 4.69) is 12.2 Å². The van der Waals surface area contributed by atoms with Gasteiger partial charge in [-0.2, -0.15) is 0 Å². The summed E-state index contributed by atoms with van der Waals surface area (Å²) in [5.41, 5.74) is 1.65. The lowest BCUT2D eigenvalue weighted by Crippen LogP contribution is -2.35. The van der Waals surface area contributed by atoms with Crippen molar-refractivity contribution in [2.45, 2.75) is 59.4 Å². The molecule has 0 heterocycles. The number of hydrogen-bond acceptors (Lipinski definition) is 6. The average molecular weight is 517 g/mol. The molecular formula is C29H44N2O6. The molecule has 0 saturated heterocycles. The maximum Gasteiger partial charge on any atom is 0.322 e. The normalized spacial score (nSPS) is 10.7. The van der Waals surface area contributed by atoms with Crippen molar-refractivity contribution in [3.8, 4) is 17.2 Å². The number of carbonyl (C=O) groups is 1. The van der Waals surface area contributed by atoms with E-state index in [-0.39, 0.29) is 12.8 Å². The Kier molecular flexibility index (Phi) is 15.0. The zero-order valence-corrected chi connectivity index (χ0v) is 22.9. The maximum absolute atomic E-state index is 13.4. The van der Waals surface area contributed by atoms with E-state index in [0.717, 1.165) is 18.4 Å². The van der Waals surface area contributed by atoms with Crippen molar-refractivity contribution >= 4 is 11.7 Å². The third kappa shape index (κ3) is 11.7. The topological polar surface area (TPSA) is 78.5 Å².